The van der Waals surface area contributed by atoms with Gasteiger partial charge in [-0.2, -0.15) is 0 Å². The van der Waals surface area contributed by atoms with E-state index in [-0.39, 0.29) is 36.5 Å². The van der Waals surface area contributed by atoms with E-state index in [2.05, 4.69) is 10.6 Å². The maximum atomic E-state index is 14.2. The Hall–Kier alpha value is -4.38. The number of benzene rings is 2. The molecule has 3 aromatic rings. The predicted octanol–water partition coefficient (Wildman–Crippen LogP) is 5.74. The molecule has 4 atom stereocenters. The lowest BCUT2D eigenvalue weighted by Gasteiger charge is -2.32. The number of likely N-dealkylation sites (tertiary alicyclic amines) is 1. The van der Waals surface area contributed by atoms with Crippen LogP contribution in [0.3, 0.4) is 0 Å². The average Bonchev–Trinajstić information content (AvgIpc) is 3.46. The summed E-state index contributed by atoms with van der Waals surface area (Å²) in [5.74, 6) is 0.513. The molecule has 1 aliphatic heterocycles. The zero-order chi connectivity index (χ0) is 35.0. The van der Waals surface area contributed by atoms with Gasteiger partial charge in [-0.15, -0.1) is 0 Å². The molecule has 1 unspecified atom stereocenters. The second-order valence-corrected chi connectivity index (χ2v) is 13.5. The molecule has 1 aliphatic rings. The van der Waals surface area contributed by atoms with Gasteiger partial charge in [-0.3, -0.25) is 9.59 Å². The van der Waals surface area contributed by atoms with Gasteiger partial charge in [0, 0.05) is 42.1 Å². The van der Waals surface area contributed by atoms with E-state index in [9.17, 15) is 14.4 Å². The topological polar surface area (TPSA) is 128 Å². The van der Waals surface area contributed by atoms with Gasteiger partial charge >= 0.3 is 12.1 Å². The quantitative estimate of drug-likeness (QED) is 0.220. The van der Waals surface area contributed by atoms with Gasteiger partial charge < -0.3 is 34.5 Å². The fourth-order valence-corrected chi connectivity index (χ4v) is 5.90. The Kier molecular flexibility index (Phi) is 12.3. The number of esters is 1. The van der Waals surface area contributed by atoms with Crippen LogP contribution in [-0.2, 0) is 19.1 Å². The third kappa shape index (κ3) is 9.37. The van der Waals surface area contributed by atoms with E-state index in [1.807, 2.05) is 75.4 Å². The summed E-state index contributed by atoms with van der Waals surface area (Å²) in [6.45, 7) is 11.7. The lowest BCUT2D eigenvalue weighted by Crippen LogP contribution is -2.55. The Bertz CT molecular complexity index is 1560. The van der Waals surface area contributed by atoms with Crippen molar-refractivity contribution in [1.82, 2.24) is 20.5 Å². The molecule has 0 spiro atoms. The van der Waals surface area contributed by atoms with Crippen molar-refractivity contribution in [3.05, 3.63) is 54.6 Å². The fourth-order valence-electron chi connectivity index (χ4n) is 5.90. The minimum absolute atomic E-state index is 0.214. The lowest BCUT2D eigenvalue weighted by molar-refractivity contribution is -0.143. The third-order valence-electron chi connectivity index (χ3n) is 8.27. The smallest absolute Gasteiger partial charge is 0.408 e. The summed E-state index contributed by atoms with van der Waals surface area (Å²) < 4.78 is 22.7. The summed E-state index contributed by atoms with van der Waals surface area (Å²) in [5.41, 5.74) is 1.69. The Balaban J connectivity index is 1.66. The highest BCUT2D eigenvalue weighted by molar-refractivity contribution is 5.89. The number of carbonyl (C=O) groups excluding carboxylic acids is 3. The SMILES string of the molecule is CCC[C@H](NC[C@@H]1C[C@@H](Oc2cc(-c3ccccc3)nc3cc(OC)ccc23)CN1C(=O)C(NC(=O)OC(C)(C)C)C(C)C)C(=O)OC. The van der Waals surface area contributed by atoms with Crippen molar-refractivity contribution in [3.8, 4) is 22.8 Å². The van der Waals surface area contributed by atoms with Crippen LogP contribution in [-0.4, -0.2) is 85.0 Å². The van der Waals surface area contributed by atoms with E-state index in [1.165, 1.54) is 7.11 Å². The highest BCUT2D eigenvalue weighted by Crippen LogP contribution is 2.34. The minimum Gasteiger partial charge on any atom is -0.497 e. The first-order valence-corrected chi connectivity index (χ1v) is 16.7. The molecule has 11 nitrogen and oxygen atoms in total. The summed E-state index contributed by atoms with van der Waals surface area (Å²) in [5, 5.41) is 6.95. The standard InChI is InChI=1S/C37H50N4O7/c1-9-13-29(35(43)46-8)38-21-25-18-27(22-41(25)34(42)33(23(2)3)40-36(44)48-37(4,5)6)47-32-20-30(24-14-11-10-12-15-24)39-31-19-26(45-7)16-17-28(31)32/h10-12,14-17,19-20,23,25,27,29,33,38H,9,13,18,21-22H2,1-8H3,(H,40,44)/t25-,27+,29-,33?/m0/s1. The Morgan fingerprint density at radius 2 is 1.77 bits per heavy atom. The molecule has 1 aromatic heterocycles. The molecule has 4 rings (SSSR count). The monoisotopic (exact) mass is 662 g/mol. The van der Waals surface area contributed by atoms with Crippen molar-refractivity contribution in [3.63, 3.8) is 0 Å². The molecule has 2 aromatic carbocycles. The number of fused-ring (bicyclic) bond motifs is 1. The van der Waals surface area contributed by atoms with Crippen molar-refractivity contribution >= 4 is 28.9 Å². The summed E-state index contributed by atoms with van der Waals surface area (Å²) >= 11 is 0. The first-order valence-electron chi connectivity index (χ1n) is 16.7. The van der Waals surface area contributed by atoms with Crippen LogP contribution in [0.1, 0.15) is 60.8 Å². The van der Waals surface area contributed by atoms with Crippen LogP contribution in [0, 0.1) is 5.92 Å². The maximum absolute atomic E-state index is 14.2. The first-order chi connectivity index (χ1) is 22.8. The summed E-state index contributed by atoms with van der Waals surface area (Å²) in [7, 11) is 2.99. The molecule has 2 amide bonds. The largest absolute Gasteiger partial charge is 0.497 e. The van der Waals surface area contributed by atoms with Gasteiger partial charge in [-0.25, -0.2) is 9.78 Å². The Morgan fingerprint density at radius 3 is 2.40 bits per heavy atom. The fraction of sp³-hybridized carbons (Fsp3) is 0.514. The van der Waals surface area contributed by atoms with Crippen molar-refractivity contribution in [2.45, 2.75) is 90.6 Å². The molecular weight excluding hydrogens is 612 g/mol. The van der Waals surface area contributed by atoms with Gasteiger partial charge in [0.05, 0.1) is 32.0 Å². The number of ether oxygens (including phenoxy) is 4. The van der Waals surface area contributed by atoms with Crippen LogP contribution in [0.4, 0.5) is 4.79 Å². The number of pyridine rings is 1. The number of methoxy groups -OCH3 is 2. The summed E-state index contributed by atoms with van der Waals surface area (Å²) in [6.07, 6.45) is 0.837. The van der Waals surface area contributed by atoms with E-state index in [0.29, 0.717) is 30.9 Å². The highest BCUT2D eigenvalue weighted by atomic mass is 16.6. The third-order valence-corrected chi connectivity index (χ3v) is 8.27. The zero-order valence-corrected chi connectivity index (χ0v) is 29.4. The first kappa shape index (κ1) is 36.5. The summed E-state index contributed by atoms with van der Waals surface area (Å²) in [6, 6.07) is 15.8. The van der Waals surface area contributed by atoms with Gasteiger partial charge in [0.2, 0.25) is 5.91 Å². The van der Waals surface area contributed by atoms with E-state index in [1.54, 1.807) is 32.8 Å². The molecule has 0 radical (unpaired) electrons. The molecule has 11 heteroatoms. The van der Waals surface area contributed by atoms with Gasteiger partial charge in [-0.05, 0) is 45.2 Å². The van der Waals surface area contributed by atoms with Gasteiger partial charge in [0.25, 0.3) is 0 Å². The number of rotatable bonds is 13. The molecule has 48 heavy (non-hydrogen) atoms. The molecule has 0 saturated carbocycles. The summed E-state index contributed by atoms with van der Waals surface area (Å²) in [4.78, 5) is 46.2. The van der Waals surface area contributed by atoms with E-state index < -0.39 is 23.8 Å². The van der Waals surface area contributed by atoms with Crippen molar-refractivity contribution < 1.29 is 33.3 Å². The number of nitrogens with one attached hydrogen (secondary N) is 2. The minimum atomic E-state index is -0.827. The number of aromatic nitrogens is 1. The average molecular weight is 663 g/mol. The molecule has 2 heterocycles. The lowest BCUT2D eigenvalue weighted by atomic mass is 10.0. The Morgan fingerprint density at radius 1 is 1.04 bits per heavy atom. The highest BCUT2D eigenvalue weighted by Gasteiger charge is 2.41. The Labute approximate surface area is 283 Å². The number of hydrogen-bond acceptors (Lipinski definition) is 9. The van der Waals surface area contributed by atoms with Gasteiger partial charge in [-0.1, -0.05) is 57.5 Å². The van der Waals surface area contributed by atoms with Crippen LogP contribution in [0.2, 0.25) is 0 Å². The van der Waals surface area contributed by atoms with Gasteiger partial charge in [0.15, 0.2) is 0 Å². The second kappa shape index (κ2) is 16.1. The van der Waals surface area contributed by atoms with Crippen LogP contribution >= 0.6 is 0 Å². The van der Waals surface area contributed by atoms with E-state index in [4.69, 9.17) is 23.9 Å². The van der Waals surface area contributed by atoms with Crippen molar-refractivity contribution in [2.75, 3.05) is 27.3 Å². The number of carbonyl (C=O) groups is 3. The molecule has 1 fully saturated rings. The number of nitrogens with zero attached hydrogens (tertiary/aromatic N) is 2. The van der Waals surface area contributed by atoms with Crippen molar-refractivity contribution in [2.24, 2.45) is 5.92 Å². The molecule has 0 aliphatic carbocycles. The second-order valence-electron chi connectivity index (χ2n) is 13.5. The predicted molar refractivity (Wildman–Crippen MR) is 185 cm³/mol. The van der Waals surface area contributed by atoms with Crippen LogP contribution in [0.15, 0.2) is 54.6 Å². The van der Waals surface area contributed by atoms with E-state index in [0.717, 1.165) is 28.6 Å². The number of amides is 2. The van der Waals surface area contributed by atoms with E-state index >= 15 is 0 Å². The van der Waals surface area contributed by atoms with Crippen LogP contribution in [0.25, 0.3) is 22.2 Å². The molecule has 2 N–H and O–H groups in total. The van der Waals surface area contributed by atoms with Crippen molar-refractivity contribution in [1.29, 1.82) is 0 Å². The molecule has 1 saturated heterocycles. The maximum Gasteiger partial charge on any atom is 0.408 e. The zero-order valence-electron chi connectivity index (χ0n) is 29.4. The molecule has 0 bridgehead atoms. The van der Waals surface area contributed by atoms with Gasteiger partial charge in [0.1, 0.15) is 35.3 Å². The molecular formula is C37H50N4O7. The number of alkyl carbamates (subject to hydrolysis) is 1. The van der Waals surface area contributed by atoms with Crippen LogP contribution in [0.5, 0.6) is 11.5 Å². The normalized spacial score (nSPS) is 17.6. The number of hydrogen-bond donors (Lipinski definition) is 2. The molecule has 260 valence electrons. The van der Waals surface area contributed by atoms with Crippen LogP contribution < -0.4 is 20.1 Å².